The number of anilines is 2. The molecular formula is C14H12BrN3O2S. The van der Waals surface area contributed by atoms with Crippen molar-refractivity contribution in [3.8, 4) is 0 Å². The van der Waals surface area contributed by atoms with Crippen molar-refractivity contribution in [3.63, 3.8) is 0 Å². The Morgan fingerprint density at radius 3 is 3.00 bits per heavy atom. The molecule has 7 heteroatoms. The SMILES string of the molecule is COCN1c2cc(C(Br)C=O)ccc2Sc2nccnc21. The fourth-order valence-corrected chi connectivity index (χ4v) is 3.41. The van der Waals surface area contributed by atoms with E-state index < -0.39 is 0 Å². The Morgan fingerprint density at radius 1 is 1.43 bits per heavy atom. The van der Waals surface area contributed by atoms with Crippen molar-refractivity contribution in [3.05, 3.63) is 36.2 Å². The van der Waals surface area contributed by atoms with Gasteiger partial charge in [-0.3, -0.25) is 4.90 Å². The zero-order valence-corrected chi connectivity index (χ0v) is 13.6. The smallest absolute Gasteiger partial charge is 0.168 e. The molecule has 1 atom stereocenters. The molecule has 0 spiro atoms. The van der Waals surface area contributed by atoms with Crippen LogP contribution in [0.15, 0.2) is 40.5 Å². The van der Waals surface area contributed by atoms with Crippen LogP contribution in [0, 0.1) is 0 Å². The zero-order chi connectivity index (χ0) is 14.8. The predicted molar refractivity (Wildman–Crippen MR) is 84.3 cm³/mol. The fourth-order valence-electron chi connectivity index (χ4n) is 2.13. The number of rotatable bonds is 4. The predicted octanol–water partition coefficient (Wildman–Crippen LogP) is 3.32. The van der Waals surface area contributed by atoms with Crippen molar-refractivity contribution >= 4 is 45.5 Å². The minimum atomic E-state index is -0.319. The maximum atomic E-state index is 11.0. The zero-order valence-electron chi connectivity index (χ0n) is 11.2. The van der Waals surface area contributed by atoms with Crippen molar-refractivity contribution in [2.75, 3.05) is 18.7 Å². The number of hydrogen-bond donors (Lipinski definition) is 0. The molecule has 0 saturated heterocycles. The molecule has 0 radical (unpaired) electrons. The molecule has 1 aromatic carbocycles. The van der Waals surface area contributed by atoms with E-state index in [1.807, 2.05) is 23.1 Å². The van der Waals surface area contributed by atoms with E-state index in [9.17, 15) is 4.79 Å². The summed E-state index contributed by atoms with van der Waals surface area (Å²) in [6, 6.07) is 5.91. The third-order valence-corrected chi connectivity index (χ3v) is 4.87. The summed E-state index contributed by atoms with van der Waals surface area (Å²) in [5.41, 5.74) is 1.87. The van der Waals surface area contributed by atoms with Crippen LogP contribution in [0.4, 0.5) is 11.5 Å². The first-order valence-corrected chi connectivity index (χ1v) is 7.96. The van der Waals surface area contributed by atoms with Gasteiger partial charge in [-0.15, -0.1) is 0 Å². The molecule has 1 aromatic heterocycles. The highest BCUT2D eigenvalue weighted by molar-refractivity contribution is 9.09. The number of halogens is 1. The van der Waals surface area contributed by atoms with E-state index in [1.165, 1.54) is 0 Å². The van der Waals surface area contributed by atoms with Crippen LogP contribution in [-0.4, -0.2) is 30.1 Å². The van der Waals surface area contributed by atoms with Crippen molar-refractivity contribution in [2.45, 2.75) is 14.7 Å². The number of benzene rings is 1. The molecule has 0 fully saturated rings. The van der Waals surface area contributed by atoms with E-state index in [2.05, 4.69) is 25.9 Å². The van der Waals surface area contributed by atoms with Gasteiger partial charge in [-0.1, -0.05) is 33.8 Å². The minimum Gasteiger partial charge on any atom is -0.364 e. The number of carbonyl (C=O) groups excluding carboxylic acids is 1. The number of aromatic nitrogens is 2. The molecule has 21 heavy (non-hydrogen) atoms. The Bertz CT molecular complexity index is 683. The van der Waals surface area contributed by atoms with Crippen molar-refractivity contribution in [1.82, 2.24) is 9.97 Å². The Labute approximate surface area is 134 Å². The van der Waals surface area contributed by atoms with Gasteiger partial charge in [-0.25, -0.2) is 9.97 Å². The lowest BCUT2D eigenvalue weighted by Crippen LogP contribution is -2.24. The standard InChI is InChI=1S/C14H12BrN3O2S/c1-20-8-18-11-6-9(10(15)7-19)2-3-12(11)21-14-13(18)16-4-5-17-14/h2-7,10H,8H2,1H3. The Balaban J connectivity index is 2.10. The average molecular weight is 366 g/mol. The number of aldehydes is 1. The summed E-state index contributed by atoms with van der Waals surface area (Å²) < 4.78 is 5.29. The van der Waals surface area contributed by atoms with Gasteiger partial charge in [0, 0.05) is 24.4 Å². The quantitative estimate of drug-likeness (QED) is 0.611. The molecule has 0 aliphatic carbocycles. The van der Waals surface area contributed by atoms with E-state index in [0.717, 1.165) is 33.3 Å². The molecule has 3 rings (SSSR count). The highest BCUT2D eigenvalue weighted by Crippen LogP contribution is 2.46. The summed E-state index contributed by atoms with van der Waals surface area (Å²) >= 11 is 4.92. The van der Waals surface area contributed by atoms with E-state index in [4.69, 9.17) is 4.74 Å². The number of carbonyl (C=O) groups is 1. The molecule has 2 heterocycles. The second kappa shape index (κ2) is 6.13. The van der Waals surface area contributed by atoms with Crippen LogP contribution in [0.25, 0.3) is 0 Å². The first kappa shape index (κ1) is 14.5. The Kier molecular flexibility index (Phi) is 4.23. The van der Waals surface area contributed by atoms with Crippen molar-refractivity contribution in [1.29, 1.82) is 0 Å². The van der Waals surface area contributed by atoms with E-state index >= 15 is 0 Å². The molecule has 1 aliphatic heterocycles. The van der Waals surface area contributed by atoms with Crippen LogP contribution in [0.2, 0.25) is 0 Å². The lowest BCUT2D eigenvalue weighted by Gasteiger charge is -2.30. The van der Waals surface area contributed by atoms with Gasteiger partial charge in [0.05, 0.1) is 10.5 Å². The number of ether oxygens (including phenoxy) is 1. The summed E-state index contributed by atoms with van der Waals surface area (Å²) in [5, 5.41) is 0.848. The molecule has 1 unspecified atom stereocenters. The third-order valence-electron chi connectivity index (χ3n) is 3.08. The average Bonchev–Trinajstić information content (AvgIpc) is 2.53. The van der Waals surface area contributed by atoms with Crippen molar-refractivity contribution in [2.24, 2.45) is 0 Å². The first-order valence-electron chi connectivity index (χ1n) is 6.23. The van der Waals surface area contributed by atoms with Gasteiger partial charge in [0.15, 0.2) is 5.82 Å². The molecule has 0 amide bonds. The van der Waals surface area contributed by atoms with Gasteiger partial charge in [-0.05, 0) is 17.7 Å². The minimum absolute atomic E-state index is 0.319. The second-order valence-corrected chi connectivity index (χ2v) is 6.42. The molecule has 5 nitrogen and oxygen atoms in total. The molecule has 0 bridgehead atoms. The van der Waals surface area contributed by atoms with Gasteiger partial charge in [0.2, 0.25) is 0 Å². The summed E-state index contributed by atoms with van der Waals surface area (Å²) in [6.07, 6.45) is 4.21. The Morgan fingerprint density at radius 2 is 2.24 bits per heavy atom. The lowest BCUT2D eigenvalue weighted by molar-refractivity contribution is -0.107. The van der Waals surface area contributed by atoms with Gasteiger partial charge in [0.1, 0.15) is 18.0 Å². The maximum absolute atomic E-state index is 11.0. The molecule has 108 valence electrons. The number of alkyl halides is 1. The monoisotopic (exact) mass is 365 g/mol. The summed E-state index contributed by atoms with van der Waals surface area (Å²) in [6.45, 7) is 0.372. The van der Waals surface area contributed by atoms with Crippen LogP contribution in [0.3, 0.4) is 0 Å². The molecule has 0 N–H and O–H groups in total. The number of hydrogen-bond acceptors (Lipinski definition) is 6. The van der Waals surface area contributed by atoms with E-state index in [-0.39, 0.29) is 4.83 Å². The highest BCUT2D eigenvalue weighted by Gasteiger charge is 2.26. The first-order chi connectivity index (χ1) is 10.2. The van der Waals surface area contributed by atoms with Gasteiger partial charge < -0.3 is 9.53 Å². The van der Waals surface area contributed by atoms with Gasteiger partial charge in [0.25, 0.3) is 0 Å². The highest BCUT2D eigenvalue weighted by atomic mass is 79.9. The molecule has 1 aliphatic rings. The number of nitrogens with zero attached hydrogens (tertiary/aromatic N) is 3. The van der Waals surface area contributed by atoms with Crippen LogP contribution < -0.4 is 4.90 Å². The van der Waals surface area contributed by atoms with Gasteiger partial charge in [-0.2, -0.15) is 0 Å². The van der Waals surface area contributed by atoms with E-state index in [0.29, 0.717) is 6.73 Å². The second-order valence-electron chi connectivity index (χ2n) is 4.40. The molecular weight excluding hydrogens is 354 g/mol. The largest absolute Gasteiger partial charge is 0.364 e. The number of methoxy groups -OCH3 is 1. The van der Waals surface area contributed by atoms with Crippen LogP contribution in [0.1, 0.15) is 10.4 Å². The maximum Gasteiger partial charge on any atom is 0.168 e. The Hall–Kier alpha value is -1.44. The third kappa shape index (κ3) is 2.68. The molecule has 0 saturated carbocycles. The molecule has 2 aromatic rings. The summed E-state index contributed by atoms with van der Waals surface area (Å²) in [7, 11) is 1.64. The van der Waals surface area contributed by atoms with Crippen LogP contribution in [-0.2, 0) is 9.53 Å². The lowest BCUT2D eigenvalue weighted by atomic mass is 10.1. The van der Waals surface area contributed by atoms with Crippen LogP contribution >= 0.6 is 27.7 Å². The van der Waals surface area contributed by atoms with Gasteiger partial charge >= 0.3 is 0 Å². The number of fused-ring (bicyclic) bond motifs is 2. The topological polar surface area (TPSA) is 55.3 Å². The van der Waals surface area contributed by atoms with Crippen molar-refractivity contribution < 1.29 is 9.53 Å². The summed E-state index contributed by atoms with van der Waals surface area (Å²) in [5.74, 6) is 0.770. The fraction of sp³-hybridized carbons (Fsp3) is 0.214. The van der Waals surface area contributed by atoms with Crippen LogP contribution in [0.5, 0.6) is 0 Å². The summed E-state index contributed by atoms with van der Waals surface area (Å²) in [4.78, 5) is 22.4. The normalized spacial score (nSPS) is 14.3. The van der Waals surface area contributed by atoms with E-state index in [1.54, 1.807) is 31.3 Å².